The van der Waals surface area contributed by atoms with Gasteiger partial charge < -0.3 is 21.7 Å². The summed E-state index contributed by atoms with van der Waals surface area (Å²) in [5, 5.41) is 5.60. The van der Waals surface area contributed by atoms with Crippen molar-refractivity contribution < 1.29 is 4.79 Å². The first kappa shape index (κ1) is 19.8. The van der Waals surface area contributed by atoms with E-state index in [0.717, 1.165) is 55.2 Å². The van der Waals surface area contributed by atoms with Gasteiger partial charge in [0.2, 0.25) is 0 Å². The van der Waals surface area contributed by atoms with Crippen LogP contribution in [-0.2, 0) is 0 Å². The minimum atomic E-state index is -0.0158. The van der Waals surface area contributed by atoms with Crippen LogP contribution >= 0.6 is 0 Å². The summed E-state index contributed by atoms with van der Waals surface area (Å²) in [5.74, 6) is 0.487. The average molecular weight is 369 g/mol. The van der Waals surface area contributed by atoms with Gasteiger partial charge in [-0.25, -0.2) is 0 Å². The molecule has 5 N–H and O–H groups in total. The van der Waals surface area contributed by atoms with Gasteiger partial charge >= 0.3 is 0 Å². The Hall–Kier alpha value is -1.95. The fourth-order valence-electron chi connectivity index (χ4n) is 4.29. The molecule has 1 aliphatic rings. The predicted octanol–water partition coefficient (Wildman–Crippen LogP) is 2.35. The number of nitrogens with zero attached hydrogens (tertiary/aromatic N) is 1. The molecule has 0 spiro atoms. The van der Waals surface area contributed by atoms with Crippen molar-refractivity contribution >= 4 is 16.7 Å². The number of hydrogen-bond acceptors (Lipinski definition) is 4. The summed E-state index contributed by atoms with van der Waals surface area (Å²) in [5.41, 5.74) is 12.7. The number of hydrogen-bond donors (Lipinski definition) is 3. The number of rotatable bonds is 7. The largest absolute Gasteiger partial charge is 0.333 e. The van der Waals surface area contributed by atoms with Gasteiger partial charge in [0, 0.05) is 43.8 Å². The van der Waals surface area contributed by atoms with Crippen LogP contribution in [0.4, 0.5) is 0 Å². The number of amides is 1. The third kappa shape index (κ3) is 4.49. The van der Waals surface area contributed by atoms with Gasteiger partial charge in [0.15, 0.2) is 0 Å². The second kappa shape index (κ2) is 9.31. The molecule has 3 atom stereocenters. The van der Waals surface area contributed by atoms with Crippen LogP contribution in [0.15, 0.2) is 42.5 Å². The number of piperazine rings is 1. The van der Waals surface area contributed by atoms with E-state index in [1.54, 1.807) is 0 Å². The molecule has 27 heavy (non-hydrogen) atoms. The molecule has 3 unspecified atom stereocenters. The van der Waals surface area contributed by atoms with Gasteiger partial charge in [-0.1, -0.05) is 49.7 Å². The van der Waals surface area contributed by atoms with E-state index in [0.29, 0.717) is 12.5 Å². The van der Waals surface area contributed by atoms with E-state index in [1.165, 1.54) is 0 Å². The van der Waals surface area contributed by atoms with E-state index in [2.05, 4.69) is 29.3 Å². The average Bonchev–Trinajstić information content (AvgIpc) is 2.72. The van der Waals surface area contributed by atoms with Crippen LogP contribution in [0.2, 0.25) is 0 Å². The Bertz CT molecular complexity index is 758. The lowest BCUT2D eigenvalue weighted by Crippen LogP contribution is -2.57. The fraction of sp³-hybridized carbons (Fsp3) is 0.500. The summed E-state index contributed by atoms with van der Waals surface area (Å²) < 4.78 is 0. The highest BCUT2D eigenvalue weighted by atomic mass is 16.2. The predicted molar refractivity (Wildman–Crippen MR) is 112 cm³/mol. The second-order valence-electron chi connectivity index (χ2n) is 7.58. The topological polar surface area (TPSA) is 84.4 Å². The molecule has 5 heteroatoms. The normalized spacial score (nSPS) is 19.8. The zero-order valence-corrected chi connectivity index (χ0v) is 16.2. The summed E-state index contributed by atoms with van der Waals surface area (Å²) in [6, 6.07) is 14.2. The molecule has 1 fully saturated rings. The van der Waals surface area contributed by atoms with E-state index in [-0.39, 0.29) is 18.0 Å². The number of carbonyl (C=O) groups excluding carboxylic acids is 1. The van der Waals surface area contributed by atoms with Crippen molar-refractivity contribution in [3.63, 3.8) is 0 Å². The highest BCUT2D eigenvalue weighted by molar-refractivity contribution is 6.07. The standard InChI is InChI=1S/C22H32N4O/c1-2-6-17(13-18(24)14-23)21-15-25-11-12-26(21)22(27)20-10-5-8-16-7-3-4-9-19(16)20/h3-5,7-10,17-18,21,25H,2,6,11-15,23-24H2,1H3. The third-order valence-corrected chi connectivity index (χ3v) is 5.68. The zero-order chi connectivity index (χ0) is 19.2. The van der Waals surface area contributed by atoms with Gasteiger partial charge in [-0.15, -0.1) is 0 Å². The van der Waals surface area contributed by atoms with Gasteiger partial charge in [0.25, 0.3) is 5.91 Å². The maximum atomic E-state index is 13.5. The van der Waals surface area contributed by atoms with Crippen LogP contribution in [0.3, 0.4) is 0 Å². The Kier molecular flexibility index (Phi) is 6.83. The summed E-state index contributed by atoms with van der Waals surface area (Å²) in [6.07, 6.45) is 2.99. The smallest absolute Gasteiger partial charge is 0.254 e. The molecule has 2 aromatic carbocycles. The minimum Gasteiger partial charge on any atom is -0.333 e. The summed E-state index contributed by atoms with van der Waals surface area (Å²) in [6.45, 7) is 5.05. The molecule has 3 rings (SSSR count). The van der Waals surface area contributed by atoms with E-state index in [4.69, 9.17) is 11.5 Å². The number of nitrogens with one attached hydrogen (secondary N) is 1. The van der Waals surface area contributed by atoms with Crippen molar-refractivity contribution in [1.82, 2.24) is 10.2 Å². The Balaban J connectivity index is 1.90. The Morgan fingerprint density at radius 2 is 2.04 bits per heavy atom. The number of carbonyl (C=O) groups is 1. The molecule has 2 aromatic rings. The lowest BCUT2D eigenvalue weighted by molar-refractivity contribution is 0.0522. The molecule has 146 valence electrons. The Morgan fingerprint density at radius 3 is 2.81 bits per heavy atom. The van der Waals surface area contributed by atoms with Crippen LogP contribution in [0.5, 0.6) is 0 Å². The first-order valence-corrected chi connectivity index (χ1v) is 10.1. The van der Waals surface area contributed by atoms with E-state index >= 15 is 0 Å². The second-order valence-corrected chi connectivity index (χ2v) is 7.58. The van der Waals surface area contributed by atoms with Gasteiger partial charge in [-0.2, -0.15) is 0 Å². The molecule has 1 aliphatic heterocycles. The van der Waals surface area contributed by atoms with Crippen molar-refractivity contribution in [3.8, 4) is 0 Å². The van der Waals surface area contributed by atoms with Gasteiger partial charge in [0.05, 0.1) is 0 Å². The first-order chi connectivity index (χ1) is 13.2. The van der Waals surface area contributed by atoms with Crippen molar-refractivity contribution in [2.75, 3.05) is 26.2 Å². The fourth-order valence-corrected chi connectivity index (χ4v) is 4.29. The minimum absolute atomic E-state index is 0.0158. The maximum absolute atomic E-state index is 13.5. The maximum Gasteiger partial charge on any atom is 0.254 e. The Morgan fingerprint density at radius 1 is 1.26 bits per heavy atom. The number of fused-ring (bicyclic) bond motifs is 1. The van der Waals surface area contributed by atoms with Gasteiger partial charge in [-0.05, 0) is 35.6 Å². The molecule has 0 aliphatic carbocycles. The molecule has 0 saturated carbocycles. The van der Waals surface area contributed by atoms with Crippen molar-refractivity contribution in [2.45, 2.75) is 38.3 Å². The summed E-state index contributed by atoms with van der Waals surface area (Å²) in [7, 11) is 0. The van der Waals surface area contributed by atoms with Crippen molar-refractivity contribution in [1.29, 1.82) is 0 Å². The molecule has 0 radical (unpaired) electrons. The third-order valence-electron chi connectivity index (χ3n) is 5.68. The summed E-state index contributed by atoms with van der Waals surface area (Å²) in [4.78, 5) is 15.6. The van der Waals surface area contributed by atoms with Crippen LogP contribution in [0.25, 0.3) is 10.8 Å². The van der Waals surface area contributed by atoms with Crippen LogP contribution in [0, 0.1) is 5.92 Å². The molecule has 5 nitrogen and oxygen atoms in total. The molecule has 1 saturated heterocycles. The van der Waals surface area contributed by atoms with Crippen molar-refractivity contribution in [2.24, 2.45) is 17.4 Å². The Labute approximate surface area is 162 Å². The lowest BCUT2D eigenvalue weighted by atomic mass is 9.86. The van der Waals surface area contributed by atoms with Crippen LogP contribution in [0.1, 0.15) is 36.5 Å². The molecule has 1 amide bonds. The lowest BCUT2D eigenvalue weighted by Gasteiger charge is -2.41. The summed E-state index contributed by atoms with van der Waals surface area (Å²) >= 11 is 0. The molecule has 0 aromatic heterocycles. The number of nitrogens with two attached hydrogens (primary N) is 2. The van der Waals surface area contributed by atoms with Gasteiger partial charge in [0.1, 0.15) is 0 Å². The molecule has 0 bridgehead atoms. The van der Waals surface area contributed by atoms with Crippen LogP contribution in [-0.4, -0.2) is 49.1 Å². The van der Waals surface area contributed by atoms with Crippen LogP contribution < -0.4 is 16.8 Å². The quantitative estimate of drug-likeness (QED) is 0.700. The first-order valence-electron chi connectivity index (χ1n) is 10.1. The highest BCUT2D eigenvalue weighted by Gasteiger charge is 2.34. The number of benzene rings is 2. The molecular formula is C22H32N4O. The highest BCUT2D eigenvalue weighted by Crippen LogP contribution is 2.27. The SMILES string of the molecule is CCCC(CC(N)CN)C1CNCCN1C(=O)c1cccc2ccccc12. The van der Waals surface area contributed by atoms with E-state index in [9.17, 15) is 4.79 Å². The molecular weight excluding hydrogens is 336 g/mol. The van der Waals surface area contributed by atoms with E-state index in [1.807, 2.05) is 30.3 Å². The van der Waals surface area contributed by atoms with E-state index < -0.39 is 0 Å². The van der Waals surface area contributed by atoms with Gasteiger partial charge in [-0.3, -0.25) is 4.79 Å². The monoisotopic (exact) mass is 368 g/mol. The van der Waals surface area contributed by atoms with Crippen molar-refractivity contribution in [3.05, 3.63) is 48.0 Å². The zero-order valence-electron chi connectivity index (χ0n) is 16.2. The molecule has 1 heterocycles.